The summed E-state index contributed by atoms with van der Waals surface area (Å²) < 4.78 is 0. The number of rotatable bonds is 11. The van der Waals surface area contributed by atoms with Crippen LogP contribution >= 0.6 is 0 Å². The third kappa shape index (κ3) is 9.27. The Kier molecular flexibility index (Phi) is 11.3. The van der Waals surface area contributed by atoms with Gasteiger partial charge in [0.15, 0.2) is 0 Å². The number of hydrogen-bond acceptors (Lipinski definition) is 1. The van der Waals surface area contributed by atoms with Gasteiger partial charge in [0.2, 0.25) is 0 Å². The van der Waals surface area contributed by atoms with Crippen molar-refractivity contribution < 1.29 is 0 Å². The van der Waals surface area contributed by atoms with E-state index in [0.717, 1.165) is 6.54 Å². The van der Waals surface area contributed by atoms with E-state index in [-0.39, 0.29) is 0 Å². The molecule has 0 aromatic heterocycles. The van der Waals surface area contributed by atoms with Crippen LogP contribution in [0.4, 0.5) is 0 Å². The Morgan fingerprint density at radius 2 is 1.53 bits per heavy atom. The van der Waals surface area contributed by atoms with Gasteiger partial charge in [-0.05, 0) is 40.7 Å². The van der Waals surface area contributed by atoms with Crippen molar-refractivity contribution in [3.63, 3.8) is 0 Å². The minimum Gasteiger partial charge on any atom is -0.295 e. The van der Waals surface area contributed by atoms with Crippen LogP contribution in [0, 0.1) is 0 Å². The third-order valence-corrected chi connectivity index (χ3v) is 3.83. The lowest BCUT2D eigenvalue weighted by atomic mass is 10.0. The zero-order valence-corrected chi connectivity index (χ0v) is 14.3. The molecule has 19 heavy (non-hydrogen) atoms. The fourth-order valence-electron chi connectivity index (χ4n) is 2.85. The molecule has 0 aliphatic carbocycles. The van der Waals surface area contributed by atoms with Crippen LogP contribution in [0.2, 0.25) is 0 Å². The largest absolute Gasteiger partial charge is 0.295 e. The number of unbranched alkanes of at least 4 members (excludes halogenated alkanes) is 5. The molecule has 0 aliphatic rings. The predicted molar refractivity (Wildman–Crippen MR) is 88.7 cm³/mol. The summed E-state index contributed by atoms with van der Waals surface area (Å²) in [5, 5.41) is 0. The molecule has 1 unspecified atom stereocenters. The second kappa shape index (κ2) is 11.5. The van der Waals surface area contributed by atoms with E-state index in [9.17, 15) is 0 Å². The average Bonchev–Trinajstić information content (AvgIpc) is 2.33. The first-order valence-electron chi connectivity index (χ1n) is 8.43. The van der Waals surface area contributed by atoms with Gasteiger partial charge in [0.1, 0.15) is 0 Å². The maximum atomic E-state index is 2.62. The van der Waals surface area contributed by atoms with E-state index in [1.165, 1.54) is 50.5 Å². The summed E-state index contributed by atoms with van der Waals surface area (Å²) in [6.45, 7) is 14.8. The van der Waals surface area contributed by atoms with Gasteiger partial charge in [-0.2, -0.15) is 0 Å². The summed E-state index contributed by atoms with van der Waals surface area (Å²) >= 11 is 0. The van der Waals surface area contributed by atoms with Gasteiger partial charge in [-0.25, -0.2) is 0 Å². The van der Waals surface area contributed by atoms with E-state index < -0.39 is 0 Å². The van der Waals surface area contributed by atoms with Crippen molar-refractivity contribution in [2.45, 2.75) is 98.6 Å². The van der Waals surface area contributed by atoms with E-state index in [2.05, 4.69) is 52.5 Å². The smallest absolute Gasteiger partial charge is 0.0283 e. The zero-order valence-electron chi connectivity index (χ0n) is 14.3. The molecule has 0 amide bonds. The van der Waals surface area contributed by atoms with E-state index in [0.29, 0.717) is 12.1 Å². The number of allylic oxidation sites excluding steroid dienone is 1. The van der Waals surface area contributed by atoms with Crippen LogP contribution in [0.1, 0.15) is 86.5 Å². The quantitative estimate of drug-likeness (QED) is 0.338. The summed E-state index contributed by atoms with van der Waals surface area (Å²) in [6, 6.07) is 1.28. The van der Waals surface area contributed by atoms with Crippen molar-refractivity contribution in [2.75, 3.05) is 6.54 Å². The Bertz CT molecular complexity index is 226. The van der Waals surface area contributed by atoms with Crippen molar-refractivity contribution in [1.29, 1.82) is 0 Å². The Morgan fingerprint density at radius 1 is 0.947 bits per heavy atom. The minimum atomic E-state index is 0.640. The molecule has 0 saturated carbocycles. The Morgan fingerprint density at radius 3 is 2.00 bits per heavy atom. The van der Waals surface area contributed by atoms with Crippen molar-refractivity contribution >= 4 is 0 Å². The van der Waals surface area contributed by atoms with Crippen LogP contribution in [0.15, 0.2) is 11.6 Å². The molecule has 0 bridgehead atoms. The first-order chi connectivity index (χ1) is 9.02. The molecule has 0 heterocycles. The molecule has 1 nitrogen and oxygen atoms in total. The molecule has 0 saturated heterocycles. The molecule has 0 N–H and O–H groups in total. The highest BCUT2D eigenvalue weighted by molar-refractivity contribution is 5.02. The molecule has 114 valence electrons. The predicted octanol–water partition coefficient (Wildman–Crippen LogP) is 5.80. The molecule has 1 atom stereocenters. The molecule has 0 radical (unpaired) electrons. The van der Waals surface area contributed by atoms with E-state index in [1.807, 2.05) is 0 Å². The SMILES string of the molecule is CCCCCCCCC(C=C(C)C)N(CC)C(C)C. The van der Waals surface area contributed by atoms with Crippen LogP contribution in [-0.4, -0.2) is 23.5 Å². The van der Waals surface area contributed by atoms with Gasteiger partial charge in [-0.15, -0.1) is 0 Å². The summed E-state index contributed by atoms with van der Waals surface area (Å²) in [6.07, 6.45) is 12.2. The molecular formula is C18H37N. The van der Waals surface area contributed by atoms with Gasteiger partial charge in [-0.3, -0.25) is 4.90 Å². The summed E-state index contributed by atoms with van der Waals surface area (Å²) in [4.78, 5) is 2.62. The second-order valence-electron chi connectivity index (χ2n) is 6.29. The molecule has 0 aromatic carbocycles. The van der Waals surface area contributed by atoms with Crippen molar-refractivity contribution in [2.24, 2.45) is 0 Å². The zero-order chi connectivity index (χ0) is 14.7. The fourth-order valence-corrected chi connectivity index (χ4v) is 2.85. The molecular weight excluding hydrogens is 230 g/mol. The highest BCUT2D eigenvalue weighted by Crippen LogP contribution is 2.17. The normalized spacial score (nSPS) is 13.1. The van der Waals surface area contributed by atoms with Crippen molar-refractivity contribution in [3.05, 3.63) is 11.6 Å². The standard InChI is InChI=1S/C18H37N/c1-7-9-10-11-12-13-14-18(15-16(3)4)19(8-2)17(5)6/h15,17-18H,7-14H2,1-6H3. The minimum absolute atomic E-state index is 0.640. The fraction of sp³-hybridized carbons (Fsp3) is 0.889. The van der Waals surface area contributed by atoms with Crippen LogP contribution in [0.25, 0.3) is 0 Å². The van der Waals surface area contributed by atoms with Crippen molar-refractivity contribution in [3.8, 4) is 0 Å². The summed E-state index contributed by atoms with van der Waals surface area (Å²) in [5.74, 6) is 0. The molecule has 0 spiro atoms. The van der Waals surface area contributed by atoms with Crippen LogP contribution in [0.3, 0.4) is 0 Å². The van der Waals surface area contributed by atoms with Gasteiger partial charge in [0.05, 0.1) is 0 Å². The van der Waals surface area contributed by atoms with Crippen LogP contribution < -0.4 is 0 Å². The first kappa shape index (κ1) is 18.7. The second-order valence-corrected chi connectivity index (χ2v) is 6.29. The van der Waals surface area contributed by atoms with Gasteiger partial charge in [0, 0.05) is 12.1 Å². The Labute approximate surface area is 122 Å². The maximum Gasteiger partial charge on any atom is 0.0283 e. The Hall–Kier alpha value is -0.300. The lowest BCUT2D eigenvalue weighted by Crippen LogP contribution is -2.39. The third-order valence-electron chi connectivity index (χ3n) is 3.83. The monoisotopic (exact) mass is 267 g/mol. The molecule has 0 fully saturated rings. The number of nitrogens with zero attached hydrogens (tertiary/aromatic N) is 1. The van der Waals surface area contributed by atoms with Crippen LogP contribution in [0.5, 0.6) is 0 Å². The number of hydrogen-bond donors (Lipinski definition) is 0. The summed E-state index contributed by atoms with van der Waals surface area (Å²) in [7, 11) is 0. The number of likely N-dealkylation sites (N-methyl/N-ethyl adjacent to an activating group) is 1. The van der Waals surface area contributed by atoms with E-state index in [4.69, 9.17) is 0 Å². The van der Waals surface area contributed by atoms with Gasteiger partial charge in [-0.1, -0.05) is 64.0 Å². The van der Waals surface area contributed by atoms with E-state index >= 15 is 0 Å². The molecule has 1 heteroatoms. The lowest BCUT2D eigenvalue weighted by molar-refractivity contribution is 0.181. The average molecular weight is 268 g/mol. The summed E-state index contributed by atoms with van der Waals surface area (Å²) in [5.41, 5.74) is 1.45. The first-order valence-corrected chi connectivity index (χ1v) is 8.43. The lowest BCUT2D eigenvalue weighted by Gasteiger charge is -2.32. The highest BCUT2D eigenvalue weighted by Gasteiger charge is 2.16. The van der Waals surface area contributed by atoms with Crippen LogP contribution in [-0.2, 0) is 0 Å². The van der Waals surface area contributed by atoms with E-state index in [1.54, 1.807) is 0 Å². The highest BCUT2D eigenvalue weighted by atomic mass is 15.2. The molecule has 0 aliphatic heterocycles. The Balaban J connectivity index is 4.17. The molecule has 0 aromatic rings. The maximum absolute atomic E-state index is 2.62. The molecule has 0 rings (SSSR count). The van der Waals surface area contributed by atoms with Gasteiger partial charge >= 0.3 is 0 Å². The van der Waals surface area contributed by atoms with Gasteiger partial charge < -0.3 is 0 Å². The van der Waals surface area contributed by atoms with Gasteiger partial charge in [0.25, 0.3) is 0 Å². The van der Waals surface area contributed by atoms with Crippen molar-refractivity contribution in [1.82, 2.24) is 4.90 Å². The topological polar surface area (TPSA) is 3.24 Å².